The number of ether oxygens (including phenoxy) is 2. The van der Waals surface area contributed by atoms with Gasteiger partial charge in [-0.3, -0.25) is 5.43 Å². The van der Waals surface area contributed by atoms with Gasteiger partial charge in [0.05, 0.1) is 30.7 Å². The van der Waals surface area contributed by atoms with Gasteiger partial charge in [0.1, 0.15) is 0 Å². The summed E-state index contributed by atoms with van der Waals surface area (Å²) in [5.74, 6) is 0.105. The number of halogens is 1. The van der Waals surface area contributed by atoms with Crippen LogP contribution in [-0.2, 0) is 4.74 Å². The Morgan fingerprint density at radius 1 is 1.24 bits per heavy atom. The summed E-state index contributed by atoms with van der Waals surface area (Å²) in [4.78, 5) is 11.6. The van der Waals surface area contributed by atoms with Crippen molar-refractivity contribution >= 4 is 33.8 Å². The summed E-state index contributed by atoms with van der Waals surface area (Å²) in [6.07, 6.45) is 1.60. The van der Waals surface area contributed by atoms with Crippen molar-refractivity contribution in [3.63, 3.8) is 0 Å². The van der Waals surface area contributed by atoms with Gasteiger partial charge in [-0.2, -0.15) is 5.10 Å². The molecule has 0 saturated carbocycles. The zero-order valence-corrected chi connectivity index (χ0v) is 15.5. The average Bonchev–Trinajstić information content (AvgIpc) is 2.59. The summed E-state index contributed by atoms with van der Waals surface area (Å²) in [5.41, 5.74) is 4.84. The van der Waals surface area contributed by atoms with E-state index in [9.17, 15) is 9.90 Å². The normalized spacial score (nSPS) is 10.7. The van der Waals surface area contributed by atoms with Gasteiger partial charge in [-0.05, 0) is 66.2 Å². The standard InChI is InChI=1S/C18H19BrN2O4/c1-3-24-17-9-13(15(19)10-16(17)22)11-20-21-14-7-5-12(6-8-14)18(23)25-4-2/h5-11,21-22H,3-4H2,1-2H3/b20-11+. The van der Waals surface area contributed by atoms with Crippen molar-refractivity contribution in [2.75, 3.05) is 18.6 Å². The van der Waals surface area contributed by atoms with E-state index in [0.717, 1.165) is 11.3 Å². The summed E-state index contributed by atoms with van der Waals surface area (Å²) in [6, 6.07) is 10.1. The van der Waals surface area contributed by atoms with Crippen LogP contribution in [0, 0.1) is 0 Å². The minimum atomic E-state index is -0.353. The predicted molar refractivity (Wildman–Crippen MR) is 101 cm³/mol. The van der Waals surface area contributed by atoms with Crippen molar-refractivity contribution in [3.8, 4) is 11.5 Å². The number of hydrogen-bond donors (Lipinski definition) is 2. The van der Waals surface area contributed by atoms with Crippen molar-refractivity contribution in [3.05, 3.63) is 52.0 Å². The highest BCUT2D eigenvalue weighted by Gasteiger charge is 2.07. The molecule has 0 radical (unpaired) electrons. The molecule has 0 bridgehead atoms. The molecule has 0 saturated heterocycles. The zero-order chi connectivity index (χ0) is 18.2. The molecule has 0 aliphatic heterocycles. The lowest BCUT2D eigenvalue weighted by atomic mass is 10.2. The maximum Gasteiger partial charge on any atom is 0.338 e. The Labute approximate surface area is 154 Å². The van der Waals surface area contributed by atoms with Crippen molar-refractivity contribution in [1.82, 2.24) is 0 Å². The smallest absolute Gasteiger partial charge is 0.338 e. The van der Waals surface area contributed by atoms with E-state index in [1.807, 2.05) is 6.92 Å². The summed E-state index contributed by atoms with van der Waals surface area (Å²) in [6.45, 7) is 4.41. The maximum atomic E-state index is 11.6. The molecule has 0 amide bonds. The van der Waals surface area contributed by atoms with Crippen molar-refractivity contribution < 1.29 is 19.4 Å². The Kier molecular flexibility index (Phi) is 6.82. The van der Waals surface area contributed by atoms with Gasteiger partial charge in [0, 0.05) is 10.0 Å². The number of aromatic hydroxyl groups is 1. The van der Waals surface area contributed by atoms with E-state index in [0.29, 0.717) is 29.0 Å². The Balaban J connectivity index is 2.05. The van der Waals surface area contributed by atoms with E-state index in [1.165, 1.54) is 0 Å². The molecule has 0 aromatic heterocycles. The van der Waals surface area contributed by atoms with Crippen LogP contribution in [0.25, 0.3) is 0 Å². The number of anilines is 1. The lowest BCUT2D eigenvalue weighted by molar-refractivity contribution is 0.0526. The first-order valence-corrected chi connectivity index (χ1v) is 8.56. The fraction of sp³-hybridized carbons (Fsp3) is 0.222. The largest absolute Gasteiger partial charge is 0.504 e. The van der Waals surface area contributed by atoms with Gasteiger partial charge in [0.15, 0.2) is 11.5 Å². The number of carbonyl (C=O) groups is 1. The van der Waals surface area contributed by atoms with Crippen molar-refractivity contribution in [2.24, 2.45) is 5.10 Å². The molecular formula is C18H19BrN2O4. The summed E-state index contributed by atoms with van der Waals surface area (Å²) in [7, 11) is 0. The maximum absolute atomic E-state index is 11.6. The number of rotatable bonds is 7. The van der Waals surface area contributed by atoms with Crippen LogP contribution in [0.1, 0.15) is 29.8 Å². The second-order valence-corrected chi connectivity index (χ2v) is 5.80. The van der Waals surface area contributed by atoms with E-state index in [4.69, 9.17) is 9.47 Å². The van der Waals surface area contributed by atoms with Crippen LogP contribution in [0.2, 0.25) is 0 Å². The molecular weight excluding hydrogens is 388 g/mol. The molecule has 2 aromatic rings. The van der Waals surface area contributed by atoms with Crippen LogP contribution < -0.4 is 10.2 Å². The van der Waals surface area contributed by atoms with Crippen LogP contribution in [0.3, 0.4) is 0 Å². The first-order valence-electron chi connectivity index (χ1n) is 7.76. The molecule has 25 heavy (non-hydrogen) atoms. The molecule has 132 valence electrons. The summed E-state index contributed by atoms with van der Waals surface area (Å²) < 4.78 is 11.0. The Hall–Kier alpha value is -2.54. The molecule has 6 nitrogen and oxygen atoms in total. The highest BCUT2D eigenvalue weighted by molar-refractivity contribution is 9.10. The van der Waals surface area contributed by atoms with E-state index >= 15 is 0 Å². The average molecular weight is 407 g/mol. The first kappa shape index (κ1) is 18.8. The number of hydrogen-bond acceptors (Lipinski definition) is 6. The molecule has 2 N–H and O–H groups in total. The third-order valence-corrected chi connectivity index (χ3v) is 3.86. The molecule has 0 aliphatic carbocycles. The molecule has 0 atom stereocenters. The first-order chi connectivity index (χ1) is 12.0. The number of carbonyl (C=O) groups excluding carboxylic acids is 1. The minimum Gasteiger partial charge on any atom is -0.504 e. The fourth-order valence-corrected chi connectivity index (χ4v) is 2.43. The minimum absolute atomic E-state index is 0.0633. The third kappa shape index (κ3) is 5.22. The zero-order valence-electron chi connectivity index (χ0n) is 14.0. The number of nitrogens with one attached hydrogen (secondary N) is 1. The van der Waals surface area contributed by atoms with Crippen LogP contribution in [0.4, 0.5) is 5.69 Å². The molecule has 0 aliphatic rings. The third-order valence-electron chi connectivity index (χ3n) is 3.17. The van der Waals surface area contributed by atoms with Gasteiger partial charge in [-0.25, -0.2) is 4.79 Å². The van der Waals surface area contributed by atoms with Crippen LogP contribution >= 0.6 is 15.9 Å². The van der Waals surface area contributed by atoms with Crippen LogP contribution in [-0.4, -0.2) is 30.5 Å². The molecule has 0 unspecified atom stereocenters. The van der Waals surface area contributed by atoms with Crippen molar-refractivity contribution in [1.29, 1.82) is 0 Å². The highest BCUT2D eigenvalue weighted by Crippen LogP contribution is 2.31. The van der Waals surface area contributed by atoms with E-state index < -0.39 is 0 Å². The van der Waals surface area contributed by atoms with Gasteiger partial charge >= 0.3 is 5.97 Å². The van der Waals surface area contributed by atoms with Crippen LogP contribution in [0.15, 0.2) is 46.0 Å². The molecule has 7 heteroatoms. The SMILES string of the molecule is CCOC(=O)c1ccc(N/N=C/c2cc(OCC)c(O)cc2Br)cc1. The lowest BCUT2D eigenvalue weighted by Gasteiger charge is -2.08. The van der Waals surface area contributed by atoms with E-state index in [-0.39, 0.29) is 11.7 Å². The van der Waals surface area contributed by atoms with Crippen molar-refractivity contribution in [2.45, 2.75) is 13.8 Å². The molecule has 0 heterocycles. The number of phenols is 1. The second-order valence-electron chi connectivity index (χ2n) is 4.94. The topological polar surface area (TPSA) is 80.2 Å². The molecule has 0 fully saturated rings. The van der Waals surface area contributed by atoms with Gasteiger partial charge in [-0.15, -0.1) is 0 Å². The lowest BCUT2D eigenvalue weighted by Crippen LogP contribution is -2.04. The summed E-state index contributed by atoms with van der Waals surface area (Å²) >= 11 is 3.37. The second kappa shape index (κ2) is 9.08. The molecule has 0 spiro atoms. The van der Waals surface area contributed by atoms with E-state index in [1.54, 1.807) is 49.5 Å². The quantitative estimate of drug-likeness (QED) is 0.409. The van der Waals surface area contributed by atoms with Gasteiger partial charge in [-0.1, -0.05) is 0 Å². The highest BCUT2D eigenvalue weighted by atomic mass is 79.9. The Bertz CT molecular complexity index is 760. The summed E-state index contributed by atoms with van der Waals surface area (Å²) in [5, 5.41) is 14.0. The number of hydrazone groups is 1. The number of esters is 1. The van der Waals surface area contributed by atoms with Gasteiger partial charge in [0.2, 0.25) is 0 Å². The van der Waals surface area contributed by atoms with E-state index in [2.05, 4.69) is 26.5 Å². The Morgan fingerprint density at radius 2 is 1.96 bits per heavy atom. The number of phenolic OH excluding ortho intramolecular Hbond substituents is 1. The number of benzene rings is 2. The van der Waals surface area contributed by atoms with Gasteiger partial charge < -0.3 is 14.6 Å². The Morgan fingerprint density at radius 3 is 2.60 bits per heavy atom. The monoisotopic (exact) mass is 406 g/mol. The van der Waals surface area contributed by atoms with Crippen LogP contribution in [0.5, 0.6) is 11.5 Å². The molecule has 2 aromatic carbocycles. The predicted octanol–water partition coefficient (Wildman–Crippen LogP) is 4.18. The van der Waals surface area contributed by atoms with Gasteiger partial charge in [0.25, 0.3) is 0 Å². The number of nitrogens with zero attached hydrogens (tertiary/aromatic N) is 1. The fourth-order valence-electron chi connectivity index (χ4n) is 2.00. The molecule has 2 rings (SSSR count).